The van der Waals surface area contributed by atoms with Crippen molar-refractivity contribution < 1.29 is 22.3 Å². The van der Waals surface area contributed by atoms with Crippen LogP contribution >= 0.6 is 0 Å². The molecule has 1 heterocycles. The summed E-state index contributed by atoms with van der Waals surface area (Å²) in [5, 5.41) is 7.55. The van der Waals surface area contributed by atoms with E-state index in [1.165, 1.54) is 43.5 Å². The maximum absolute atomic E-state index is 14.1. The summed E-state index contributed by atoms with van der Waals surface area (Å²) in [4.78, 5) is 17.7. The van der Waals surface area contributed by atoms with Crippen molar-refractivity contribution in [3.05, 3.63) is 83.8 Å². The first-order chi connectivity index (χ1) is 18.1. The molecule has 4 aromatic rings. The number of rotatable bonds is 9. The Hall–Kier alpha value is -4.38. The zero-order valence-corrected chi connectivity index (χ0v) is 21.7. The summed E-state index contributed by atoms with van der Waals surface area (Å²) in [6, 6.07) is 14.8. The number of ether oxygens (including phenoxy) is 1. The highest BCUT2D eigenvalue weighted by molar-refractivity contribution is 7.91. The van der Waals surface area contributed by atoms with Gasteiger partial charge in [0.25, 0.3) is 0 Å². The molecule has 0 spiro atoms. The summed E-state index contributed by atoms with van der Waals surface area (Å²) >= 11 is 0. The molecule has 1 unspecified atom stereocenters. The van der Waals surface area contributed by atoms with Crippen molar-refractivity contribution in [1.82, 2.24) is 10.3 Å². The average molecular weight is 538 g/mol. The van der Waals surface area contributed by atoms with Crippen molar-refractivity contribution in [2.24, 2.45) is 0 Å². The van der Waals surface area contributed by atoms with Crippen molar-refractivity contribution >= 4 is 43.7 Å². The first-order valence-electron chi connectivity index (χ1n) is 11.8. The van der Waals surface area contributed by atoms with E-state index in [0.717, 1.165) is 10.8 Å². The number of benzene rings is 3. The largest absolute Gasteiger partial charge is 0.494 e. The molecule has 1 aromatic heterocycles. The van der Waals surface area contributed by atoms with Gasteiger partial charge in [-0.1, -0.05) is 13.0 Å². The van der Waals surface area contributed by atoms with E-state index in [9.17, 15) is 17.6 Å². The minimum absolute atomic E-state index is 0.0217. The van der Waals surface area contributed by atoms with Gasteiger partial charge in [0.2, 0.25) is 5.91 Å². The van der Waals surface area contributed by atoms with E-state index in [4.69, 9.17) is 16.2 Å². The van der Waals surface area contributed by atoms with Gasteiger partial charge in [-0.3, -0.25) is 4.79 Å². The molecule has 6 N–H and O–H groups in total. The maximum Gasteiger partial charge on any atom is 0.247 e. The third kappa shape index (κ3) is 5.62. The second-order valence-corrected chi connectivity index (χ2v) is 10.8. The Morgan fingerprint density at radius 3 is 2.61 bits per heavy atom. The highest BCUT2D eigenvalue weighted by atomic mass is 32.2. The predicted molar refractivity (Wildman–Crippen MR) is 146 cm³/mol. The standard InChI is InChI=1S/C27H28FN5O4S/c1-3-38(35,36)24-9-5-19(29)12-18(24)15-32-27(34)25(17-4-8-22(28)23(14-17)37-2)33-20-6-7-21-16(13-20)10-11-31-26(21)30/h4-14,25,33H,3,15,29H2,1-2H3,(H2,30,31)(H,32,34). The van der Waals surface area contributed by atoms with Gasteiger partial charge in [0.15, 0.2) is 21.4 Å². The fourth-order valence-electron chi connectivity index (χ4n) is 4.09. The molecule has 0 bridgehead atoms. The van der Waals surface area contributed by atoms with Gasteiger partial charge in [-0.25, -0.2) is 17.8 Å². The van der Waals surface area contributed by atoms with Gasteiger partial charge >= 0.3 is 0 Å². The zero-order valence-electron chi connectivity index (χ0n) is 20.9. The molecule has 9 nitrogen and oxygen atoms in total. The normalized spacial score (nSPS) is 12.2. The average Bonchev–Trinajstić information content (AvgIpc) is 2.90. The number of anilines is 3. The lowest BCUT2D eigenvalue weighted by atomic mass is 10.0. The van der Waals surface area contributed by atoms with Crippen LogP contribution in [0.4, 0.5) is 21.6 Å². The van der Waals surface area contributed by atoms with Gasteiger partial charge in [0.1, 0.15) is 11.9 Å². The zero-order chi connectivity index (χ0) is 27.4. The van der Waals surface area contributed by atoms with E-state index in [1.807, 2.05) is 6.07 Å². The number of nitrogens with one attached hydrogen (secondary N) is 2. The SMILES string of the molecule is CCS(=O)(=O)c1ccc(N)cc1CNC(=O)C(Nc1ccc2c(N)nccc2c1)c1ccc(F)c(OC)c1. The summed E-state index contributed by atoms with van der Waals surface area (Å²) in [5.41, 5.74) is 13.6. The summed E-state index contributed by atoms with van der Waals surface area (Å²) in [5.74, 6) is -0.786. The van der Waals surface area contributed by atoms with Crippen LogP contribution in [0.2, 0.25) is 0 Å². The number of carbonyl (C=O) groups is 1. The molecule has 3 aromatic carbocycles. The van der Waals surface area contributed by atoms with Gasteiger partial charge in [-0.05, 0) is 71.1 Å². The second-order valence-electron chi connectivity index (χ2n) is 8.59. The number of carbonyl (C=O) groups excluding carboxylic acids is 1. The molecule has 0 aliphatic heterocycles. The fourth-order valence-corrected chi connectivity index (χ4v) is 5.21. The summed E-state index contributed by atoms with van der Waals surface area (Å²) in [6.45, 7) is 1.46. The monoisotopic (exact) mass is 537 g/mol. The summed E-state index contributed by atoms with van der Waals surface area (Å²) in [6.07, 6.45) is 1.59. The van der Waals surface area contributed by atoms with Crippen LogP contribution in [0.5, 0.6) is 5.75 Å². The number of amides is 1. The molecule has 198 valence electrons. The Balaban J connectivity index is 1.68. The van der Waals surface area contributed by atoms with Crippen LogP contribution in [0.25, 0.3) is 10.8 Å². The van der Waals surface area contributed by atoms with E-state index in [0.29, 0.717) is 28.3 Å². The lowest BCUT2D eigenvalue weighted by molar-refractivity contribution is -0.122. The van der Waals surface area contributed by atoms with Crippen LogP contribution in [-0.2, 0) is 21.2 Å². The number of hydrogen-bond donors (Lipinski definition) is 4. The van der Waals surface area contributed by atoms with Crippen molar-refractivity contribution in [3.8, 4) is 5.75 Å². The minimum Gasteiger partial charge on any atom is -0.494 e. The molecule has 0 saturated heterocycles. The fraction of sp³-hybridized carbons (Fsp3) is 0.185. The Morgan fingerprint density at radius 1 is 1.08 bits per heavy atom. The van der Waals surface area contributed by atoms with Crippen LogP contribution in [0.3, 0.4) is 0 Å². The number of nitrogen functional groups attached to an aromatic ring is 2. The van der Waals surface area contributed by atoms with Crippen molar-refractivity contribution in [1.29, 1.82) is 0 Å². The minimum atomic E-state index is -3.55. The molecule has 0 fully saturated rings. The highest BCUT2D eigenvalue weighted by Crippen LogP contribution is 2.29. The second kappa shape index (κ2) is 10.9. The topological polar surface area (TPSA) is 149 Å². The molecule has 4 rings (SSSR count). The lowest BCUT2D eigenvalue weighted by Gasteiger charge is -2.21. The number of sulfone groups is 1. The van der Waals surface area contributed by atoms with Crippen LogP contribution in [-0.4, -0.2) is 32.2 Å². The number of nitrogens with two attached hydrogens (primary N) is 2. The first-order valence-corrected chi connectivity index (χ1v) is 13.4. The molecule has 0 aliphatic carbocycles. The van der Waals surface area contributed by atoms with E-state index < -0.39 is 27.6 Å². The third-order valence-corrected chi connectivity index (χ3v) is 7.96. The van der Waals surface area contributed by atoms with Gasteiger partial charge < -0.3 is 26.8 Å². The van der Waals surface area contributed by atoms with Crippen LogP contribution < -0.4 is 26.8 Å². The number of fused-ring (bicyclic) bond motifs is 1. The Morgan fingerprint density at radius 2 is 1.87 bits per heavy atom. The smallest absolute Gasteiger partial charge is 0.247 e. The molecule has 0 radical (unpaired) electrons. The van der Waals surface area contributed by atoms with Crippen LogP contribution in [0, 0.1) is 5.82 Å². The molecule has 0 saturated carbocycles. The summed E-state index contributed by atoms with van der Waals surface area (Å²) < 4.78 is 44.4. The number of pyridine rings is 1. The molecule has 0 aliphatic rings. The number of aromatic nitrogens is 1. The molecule has 1 amide bonds. The molecule has 11 heteroatoms. The van der Waals surface area contributed by atoms with Crippen LogP contribution in [0.15, 0.2) is 71.8 Å². The first kappa shape index (κ1) is 26.7. The Labute approximate surface area is 219 Å². The number of nitrogens with zero attached hydrogens (tertiary/aromatic N) is 1. The molecular formula is C27H28FN5O4S. The van der Waals surface area contributed by atoms with Gasteiger partial charge in [0.05, 0.1) is 17.8 Å². The van der Waals surface area contributed by atoms with Crippen molar-refractivity contribution in [2.45, 2.75) is 24.4 Å². The molecule has 38 heavy (non-hydrogen) atoms. The highest BCUT2D eigenvalue weighted by Gasteiger charge is 2.24. The summed E-state index contributed by atoms with van der Waals surface area (Å²) in [7, 11) is -2.21. The van der Waals surface area contributed by atoms with E-state index in [2.05, 4.69) is 15.6 Å². The number of methoxy groups -OCH3 is 1. The van der Waals surface area contributed by atoms with E-state index >= 15 is 0 Å². The Bertz CT molecular complexity index is 1610. The van der Waals surface area contributed by atoms with Crippen LogP contribution in [0.1, 0.15) is 24.1 Å². The number of halogens is 1. The van der Waals surface area contributed by atoms with Gasteiger partial charge in [-0.2, -0.15) is 0 Å². The van der Waals surface area contributed by atoms with E-state index in [1.54, 1.807) is 31.3 Å². The molecule has 1 atom stereocenters. The lowest BCUT2D eigenvalue weighted by Crippen LogP contribution is -2.33. The predicted octanol–water partition coefficient (Wildman–Crippen LogP) is 3.81. The maximum atomic E-state index is 14.1. The quantitative estimate of drug-likeness (QED) is 0.236. The van der Waals surface area contributed by atoms with E-state index in [-0.39, 0.29) is 22.9 Å². The van der Waals surface area contributed by atoms with Gasteiger partial charge in [0, 0.05) is 29.5 Å². The number of hydrogen-bond acceptors (Lipinski definition) is 8. The van der Waals surface area contributed by atoms with Gasteiger partial charge in [-0.15, -0.1) is 0 Å². The Kier molecular flexibility index (Phi) is 7.67. The third-order valence-electron chi connectivity index (χ3n) is 6.13. The van der Waals surface area contributed by atoms with Crippen molar-refractivity contribution in [2.75, 3.05) is 29.6 Å². The molecular weight excluding hydrogens is 509 g/mol. The van der Waals surface area contributed by atoms with Crippen molar-refractivity contribution in [3.63, 3.8) is 0 Å².